The van der Waals surface area contributed by atoms with Crippen LogP contribution in [0.2, 0.25) is 0 Å². The third kappa shape index (κ3) is 3.70. The molecule has 1 atom stereocenters. The Bertz CT molecular complexity index is 1140. The lowest BCUT2D eigenvalue weighted by Gasteiger charge is -2.31. The van der Waals surface area contributed by atoms with E-state index in [-0.39, 0.29) is 17.3 Å². The number of aryl methyl sites for hydroxylation is 1. The van der Waals surface area contributed by atoms with Gasteiger partial charge in [-0.25, -0.2) is 23.5 Å². The molecule has 2 aromatic carbocycles. The van der Waals surface area contributed by atoms with E-state index in [9.17, 15) is 13.6 Å². The highest BCUT2D eigenvalue weighted by molar-refractivity contribution is 5.85. The Kier molecular flexibility index (Phi) is 5.11. The Hall–Kier alpha value is -3.49. The summed E-state index contributed by atoms with van der Waals surface area (Å²) < 4.78 is 28.4. The first-order valence-electron chi connectivity index (χ1n) is 9.59. The van der Waals surface area contributed by atoms with Gasteiger partial charge in [0.15, 0.2) is 11.6 Å². The zero-order chi connectivity index (χ0) is 21.4. The molecule has 156 valence electrons. The van der Waals surface area contributed by atoms with Gasteiger partial charge in [0, 0.05) is 36.3 Å². The first-order valence-corrected chi connectivity index (χ1v) is 9.59. The average Bonchev–Trinajstić information content (AvgIpc) is 2.72. The number of nitrogen functional groups attached to an aromatic ring is 1. The Labute approximate surface area is 171 Å². The second-order valence-electron chi connectivity index (χ2n) is 7.46. The summed E-state index contributed by atoms with van der Waals surface area (Å²) in [5.41, 5.74) is 7.10. The minimum atomic E-state index is -1.06. The lowest BCUT2D eigenvalue weighted by atomic mass is 9.98. The molecule has 9 heteroatoms. The molecule has 4 N–H and O–H groups in total. The third-order valence-electron chi connectivity index (χ3n) is 5.33. The second-order valence-corrected chi connectivity index (χ2v) is 7.46. The van der Waals surface area contributed by atoms with Gasteiger partial charge in [-0.15, -0.1) is 0 Å². The Balaban J connectivity index is 1.61. The van der Waals surface area contributed by atoms with Gasteiger partial charge in [-0.1, -0.05) is 6.07 Å². The first kappa shape index (κ1) is 19.8. The molecule has 1 aliphatic heterocycles. The molecule has 0 bridgehead atoms. The lowest BCUT2D eigenvalue weighted by molar-refractivity contribution is 0.132. The number of fused-ring (bicyclic) bond motifs is 1. The molecular formula is C21H21F2N5O2. The number of rotatable bonds is 3. The van der Waals surface area contributed by atoms with E-state index in [4.69, 9.17) is 10.8 Å². The Morgan fingerprint density at radius 1 is 1.30 bits per heavy atom. The van der Waals surface area contributed by atoms with Gasteiger partial charge in [0.2, 0.25) is 5.95 Å². The number of carboxylic acid groups (broad SMARTS) is 1. The van der Waals surface area contributed by atoms with Crippen LogP contribution in [0.15, 0.2) is 30.5 Å². The Morgan fingerprint density at radius 2 is 2.10 bits per heavy atom. The Morgan fingerprint density at radius 3 is 2.87 bits per heavy atom. The zero-order valence-electron chi connectivity index (χ0n) is 16.3. The molecule has 4 rings (SSSR count). The van der Waals surface area contributed by atoms with Gasteiger partial charge in [-0.3, -0.25) is 0 Å². The summed E-state index contributed by atoms with van der Waals surface area (Å²) in [5, 5.41) is 13.0. The van der Waals surface area contributed by atoms with Crippen molar-refractivity contribution in [1.82, 2.24) is 14.9 Å². The van der Waals surface area contributed by atoms with Gasteiger partial charge in [0.05, 0.1) is 11.2 Å². The van der Waals surface area contributed by atoms with Crippen molar-refractivity contribution in [2.24, 2.45) is 0 Å². The van der Waals surface area contributed by atoms with Crippen LogP contribution in [-0.2, 0) is 0 Å². The molecule has 1 fully saturated rings. The number of likely N-dealkylation sites (tertiary alicyclic amines) is 1. The molecule has 7 nitrogen and oxygen atoms in total. The molecule has 1 aliphatic rings. The van der Waals surface area contributed by atoms with Crippen LogP contribution in [0.4, 0.5) is 25.2 Å². The number of halogens is 2. The van der Waals surface area contributed by atoms with Crippen molar-refractivity contribution >= 4 is 28.6 Å². The van der Waals surface area contributed by atoms with E-state index in [0.29, 0.717) is 41.1 Å². The van der Waals surface area contributed by atoms with Gasteiger partial charge in [-0.05, 0) is 49.1 Å². The molecule has 0 spiro atoms. The van der Waals surface area contributed by atoms with Crippen molar-refractivity contribution < 1.29 is 18.7 Å². The van der Waals surface area contributed by atoms with Crippen molar-refractivity contribution in [3.05, 3.63) is 47.7 Å². The average molecular weight is 413 g/mol. The number of nitrogens with zero attached hydrogens (tertiary/aromatic N) is 3. The predicted molar refractivity (Wildman–Crippen MR) is 110 cm³/mol. The highest BCUT2D eigenvalue weighted by atomic mass is 19.2. The number of hydrogen-bond donors (Lipinski definition) is 3. The topological polar surface area (TPSA) is 104 Å². The third-order valence-corrected chi connectivity index (χ3v) is 5.33. The normalized spacial score (nSPS) is 16.6. The van der Waals surface area contributed by atoms with Crippen molar-refractivity contribution in [1.29, 1.82) is 0 Å². The van der Waals surface area contributed by atoms with E-state index in [1.54, 1.807) is 31.3 Å². The number of amides is 1. The van der Waals surface area contributed by atoms with Crippen LogP contribution in [-0.4, -0.2) is 45.2 Å². The maximum Gasteiger partial charge on any atom is 0.407 e. The molecule has 1 aromatic heterocycles. The van der Waals surface area contributed by atoms with Gasteiger partial charge < -0.3 is 21.1 Å². The van der Waals surface area contributed by atoms with E-state index in [2.05, 4.69) is 15.3 Å². The number of nitrogens with two attached hydrogens (primary N) is 1. The maximum absolute atomic E-state index is 14.5. The summed E-state index contributed by atoms with van der Waals surface area (Å²) in [4.78, 5) is 21.3. The van der Waals surface area contributed by atoms with Crippen LogP contribution in [0.5, 0.6) is 0 Å². The summed E-state index contributed by atoms with van der Waals surface area (Å²) in [6.07, 6.45) is 2.26. The number of benzene rings is 2. The minimum absolute atomic E-state index is 0.0685. The number of aromatic nitrogens is 2. The summed E-state index contributed by atoms with van der Waals surface area (Å²) in [6.45, 7) is 2.57. The quantitative estimate of drug-likeness (QED) is 0.560. The van der Waals surface area contributed by atoms with Gasteiger partial charge >= 0.3 is 6.09 Å². The molecule has 0 unspecified atom stereocenters. The van der Waals surface area contributed by atoms with Crippen molar-refractivity contribution in [3.63, 3.8) is 0 Å². The molecule has 3 aromatic rings. The molecule has 1 amide bonds. The van der Waals surface area contributed by atoms with Crippen LogP contribution in [0, 0.1) is 18.6 Å². The monoisotopic (exact) mass is 413 g/mol. The van der Waals surface area contributed by atoms with Crippen LogP contribution in [0.1, 0.15) is 18.4 Å². The maximum atomic E-state index is 14.5. The van der Waals surface area contributed by atoms with E-state index in [1.807, 2.05) is 0 Å². The molecule has 1 saturated heterocycles. The van der Waals surface area contributed by atoms with E-state index >= 15 is 0 Å². The summed E-state index contributed by atoms with van der Waals surface area (Å²) in [7, 11) is 0. The van der Waals surface area contributed by atoms with E-state index in [1.165, 1.54) is 11.0 Å². The molecule has 2 heterocycles. The van der Waals surface area contributed by atoms with Crippen molar-refractivity contribution in [2.75, 3.05) is 24.1 Å². The van der Waals surface area contributed by atoms with E-state index in [0.717, 1.165) is 12.8 Å². The van der Waals surface area contributed by atoms with Crippen molar-refractivity contribution in [3.8, 4) is 11.1 Å². The highest BCUT2D eigenvalue weighted by Gasteiger charge is 2.23. The number of piperidine rings is 1. The molecule has 0 radical (unpaired) electrons. The molecule has 0 saturated carbocycles. The summed E-state index contributed by atoms with van der Waals surface area (Å²) >= 11 is 0. The van der Waals surface area contributed by atoms with Crippen LogP contribution < -0.4 is 11.1 Å². The standard InChI is InChI=1S/C21H21F2N5O2/c1-11-7-15(24)18(22)19(23)17(11)12-4-5-16-13(8-12)9-25-20(27-16)26-14-3-2-6-28(10-14)21(29)30/h4-5,7-9,14H,2-3,6,10,24H2,1H3,(H,29,30)(H,25,26,27)/t14-/m0/s1. The number of carbonyl (C=O) groups is 1. The smallest absolute Gasteiger partial charge is 0.407 e. The summed E-state index contributed by atoms with van der Waals surface area (Å²) in [5.74, 6) is -1.64. The largest absolute Gasteiger partial charge is 0.465 e. The molecule has 30 heavy (non-hydrogen) atoms. The van der Waals surface area contributed by atoms with Crippen molar-refractivity contribution in [2.45, 2.75) is 25.8 Å². The molecule has 0 aliphatic carbocycles. The van der Waals surface area contributed by atoms with Crippen LogP contribution in [0.3, 0.4) is 0 Å². The minimum Gasteiger partial charge on any atom is -0.465 e. The fourth-order valence-electron chi connectivity index (χ4n) is 3.84. The number of hydrogen-bond acceptors (Lipinski definition) is 5. The second kappa shape index (κ2) is 7.74. The first-order chi connectivity index (χ1) is 14.3. The lowest BCUT2D eigenvalue weighted by Crippen LogP contribution is -2.44. The van der Waals surface area contributed by atoms with E-state index < -0.39 is 17.7 Å². The fourth-order valence-corrected chi connectivity index (χ4v) is 3.84. The fraction of sp³-hybridized carbons (Fsp3) is 0.286. The number of nitrogens with one attached hydrogen (secondary N) is 1. The van der Waals surface area contributed by atoms with Gasteiger partial charge in [-0.2, -0.15) is 0 Å². The SMILES string of the molecule is Cc1cc(N)c(F)c(F)c1-c1ccc2nc(N[C@H]3CCCN(C(=O)O)C3)ncc2c1. The van der Waals surface area contributed by atoms with Crippen LogP contribution in [0.25, 0.3) is 22.0 Å². The van der Waals surface area contributed by atoms with Crippen LogP contribution >= 0.6 is 0 Å². The predicted octanol–water partition coefficient (Wildman–Crippen LogP) is 4.02. The highest BCUT2D eigenvalue weighted by Crippen LogP contribution is 2.32. The summed E-state index contributed by atoms with van der Waals surface area (Å²) in [6, 6.07) is 6.43. The zero-order valence-corrected chi connectivity index (χ0v) is 16.3. The number of anilines is 2. The van der Waals surface area contributed by atoms with Gasteiger partial charge in [0.25, 0.3) is 0 Å². The van der Waals surface area contributed by atoms with Gasteiger partial charge in [0.1, 0.15) is 0 Å². The molecular weight excluding hydrogens is 392 g/mol.